The van der Waals surface area contributed by atoms with Crippen molar-refractivity contribution in [3.63, 3.8) is 0 Å². The first kappa shape index (κ1) is 22.0. The molecule has 1 aliphatic heterocycles. The number of nitrogens with zero attached hydrogens (tertiary/aromatic N) is 2. The zero-order valence-corrected chi connectivity index (χ0v) is 19.5. The monoisotopic (exact) mass is 454 g/mol. The normalized spacial score (nSPS) is 14.3. The quantitative estimate of drug-likeness (QED) is 0.434. The SMILES string of the molecule is COc1ccc2cc(C(=O)NCc3ccccc3CN3CCN(c4ccccc4)CC3)[nH]c2c1. The average Bonchev–Trinajstić information content (AvgIpc) is 3.32. The highest BCUT2D eigenvalue weighted by molar-refractivity contribution is 5.98. The van der Waals surface area contributed by atoms with Crippen LogP contribution in [0.5, 0.6) is 5.75 Å². The van der Waals surface area contributed by atoms with E-state index in [0.29, 0.717) is 12.2 Å². The van der Waals surface area contributed by atoms with Crippen LogP contribution < -0.4 is 15.0 Å². The van der Waals surface area contributed by atoms with Crippen molar-refractivity contribution < 1.29 is 9.53 Å². The van der Waals surface area contributed by atoms with Crippen molar-refractivity contribution in [3.05, 3.63) is 95.7 Å². The first-order valence-corrected chi connectivity index (χ1v) is 11.7. The molecule has 0 spiro atoms. The number of ether oxygens (including phenoxy) is 1. The number of methoxy groups -OCH3 is 1. The predicted octanol–water partition coefficient (Wildman–Crippen LogP) is 4.43. The molecule has 174 valence electrons. The second-order valence-corrected chi connectivity index (χ2v) is 8.69. The number of carbonyl (C=O) groups excluding carboxylic acids is 1. The number of carbonyl (C=O) groups is 1. The van der Waals surface area contributed by atoms with Crippen LogP contribution in [0, 0.1) is 0 Å². The highest BCUT2D eigenvalue weighted by Crippen LogP contribution is 2.22. The van der Waals surface area contributed by atoms with E-state index in [9.17, 15) is 4.79 Å². The lowest BCUT2D eigenvalue weighted by Gasteiger charge is -2.36. The fourth-order valence-corrected chi connectivity index (χ4v) is 4.55. The third kappa shape index (κ3) is 4.92. The number of hydrogen-bond donors (Lipinski definition) is 2. The van der Waals surface area contributed by atoms with Crippen LogP contribution in [0.2, 0.25) is 0 Å². The third-order valence-electron chi connectivity index (χ3n) is 6.52. The van der Waals surface area contributed by atoms with Gasteiger partial charge in [-0.25, -0.2) is 0 Å². The second kappa shape index (κ2) is 10.0. The molecule has 0 saturated carbocycles. The Kier molecular flexibility index (Phi) is 6.49. The Hall–Kier alpha value is -3.77. The lowest BCUT2D eigenvalue weighted by atomic mass is 10.1. The summed E-state index contributed by atoms with van der Waals surface area (Å²) in [7, 11) is 1.64. The van der Waals surface area contributed by atoms with Gasteiger partial charge in [-0.3, -0.25) is 9.69 Å². The summed E-state index contributed by atoms with van der Waals surface area (Å²) >= 11 is 0. The first-order chi connectivity index (χ1) is 16.7. The standard InChI is InChI=1S/C28H30N4O2/c1-34-25-12-11-21-17-27(30-26(21)18-25)28(33)29-19-22-7-5-6-8-23(22)20-31-13-15-32(16-14-31)24-9-3-2-4-10-24/h2-12,17-18,30H,13-16,19-20H2,1H3,(H,29,33). The Labute approximate surface area is 200 Å². The number of benzene rings is 3. The maximum absolute atomic E-state index is 12.8. The largest absolute Gasteiger partial charge is 0.497 e. The van der Waals surface area contributed by atoms with Gasteiger partial charge in [-0.1, -0.05) is 42.5 Å². The van der Waals surface area contributed by atoms with Crippen LogP contribution in [0.4, 0.5) is 5.69 Å². The van der Waals surface area contributed by atoms with E-state index in [-0.39, 0.29) is 5.91 Å². The molecule has 6 heteroatoms. The Morgan fingerprint density at radius 3 is 2.41 bits per heavy atom. The molecule has 0 atom stereocenters. The van der Waals surface area contributed by atoms with Gasteiger partial charge in [0.1, 0.15) is 11.4 Å². The lowest BCUT2D eigenvalue weighted by molar-refractivity contribution is 0.0946. The van der Waals surface area contributed by atoms with Gasteiger partial charge in [0.25, 0.3) is 5.91 Å². The molecule has 0 aliphatic carbocycles. The molecule has 1 amide bonds. The number of fused-ring (bicyclic) bond motifs is 1. The number of piperazine rings is 1. The van der Waals surface area contributed by atoms with E-state index in [1.807, 2.05) is 30.3 Å². The molecule has 1 fully saturated rings. The number of aromatic amines is 1. The Bertz CT molecular complexity index is 1260. The van der Waals surface area contributed by atoms with Gasteiger partial charge in [0.05, 0.1) is 7.11 Å². The Morgan fingerprint density at radius 2 is 1.65 bits per heavy atom. The molecule has 1 aromatic heterocycles. The van der Waals surface area contributed by atoms with Gasteiger partial charge in [-0.2, -0.15) is 0 Å². The summed E-state index contributed by atoms with van der Waals surface area (Å²) in [5.74, 6) is 0.654. The zero-order valence-electron chi connectivity index (χ0n) is 19.5. The third-order valence-corrected chi connectivity index (χ3v) is 6.52. The van der Waals surface area contributed by atoms with E-state index in [0.717, 1.165) is 54.9 Å². The molecule has 6 nitrogen and oxygen atoms in total. The lowest BCUT2D eigenvalue weighted by Crippen LogP contribution is -2.46. The van der Waals surface area contributed by atoms with Gasteiger partial charge >= 0.3 is 0 Å². The molecule has 2 heterocycles. The Morgan fingerprint density at radius 1 is 0.912 bits per heavy atom. The van der Waals surface area contributed by atoms with E-state index in [1.165, 1.54) is 11.3 Å². The number of hydrogen-bond acceptors (Lipinski definition) is 4. The van der Waals surface area contributed by atoms with Crippen LogP contribution in [0.1, 0.15) is 21.6 Å². The molecular formula is C28H30N4O2. The van der Waals surface area contributed by atoms with Crippen molar-refractivity contribution in [1.29, 1.82) is 0 Å². The molecule has 3 aromatic carbocycles. The van der Waals surface area contributed by atoms with Crippen LogP contribution >= 0.6 is 0 Å². The van der Waals surface area contributed by atoms with E-state index < -0.39 is 0 Å². The topological polar surface area (TPSA) is 60.6 Å². The van der Waals surface area contributed by atoms with Crippen molar-refractivity contribution in [2.24, 2.45) is 0 Å². The summed E-state index contributed by atoms with van der Waals surface area (Å²) in [5.41, 5.74) is 5.15. The number of para-hydroxylation sites is 1. The van der Waals surface area contributed by atoms with Crippen LogP contribution in [0.25, 0.3) is 10.9 Å². The highest BCUT2D eigenvalue weighted by Gasteiger charge is 2.18. The van der Waals surface area contributed by atoms with E-state index >= 15 is 0 Å². The minimum atomic E-state index is -0.110. The summed E-state index contributed by atoms with van der Waals surface area (Å²) in [4.78, 5) is 21.0. The van der Waals surface area contributed by atoms with Gasteiger partial charge in [-0.05, 0) is 41.5 Å². The minimum absolute atomic E-state index is 0.110. The number of anilines is 1. The molecule has 4 aromatic rings. The average molecular weight is 455 g/mol. The molecular weight excluding hydrogens is 424 g/mol. The maximum atomic E-state index is 12.8. The van der Waals surface area contributed by atoms with Crippen molar-refractivity contribution in [3.8, 4) is 5.75 Å². The molecule has 0 radical (unpaired) electrons. The fraction of sp³-hybridized carbons (Fsp3) is 0.250. The fourth-order valence-electron chi connectivity index (χ4n) is 4.55. The number of rotatable bonds is 7. The number of aromatic nitrogens is 1. The van der Waals surface area contributed by atoms with Gasteiger partial charge in [-0.15, -0.1) is 0 Å². The van der Waals surface area contributed by atoms with Crippen molar-refractivity contribution >= 4 is 22.5 Å². The second-order valence-electron chi connectivity index (χ2n) is 8.69. The van der Waals surface area contributed by atoms with Gasteiger partial charge in [0.2, 0.25) is 0 Å². The molecule has 34 heavy (non-hydrogen) atoms. The highest BCUT2D eigenvalue weighted by atomic mass is 16.5. The predicted molar refractivity (Wildman–Crippen MR) is 136 cm³/mol. The van der Waals surface area contributed by atoms with Crippen LogP contribution in [0.3, 0.4) is 0 Å². The summed E-state index contributed by atoms with van der Waals surface area (Å²) in [6.45, 7) is 5.48. The number of amides is 1. The van der Waals surface area contributed by atoms with Crippen LogP contribution in [-0.4, -0.2) is 49.1 Å². The molecule has 0 bridgehead atoms. The summed E-state index contributed by atoms with van der Waals surface area (Å²) in [5, 5.41) is 4.07. The zero-order chi connectivity index (χ0) is 23.3. The first-order valence-electron chi connectivity index (χ1n) is 11.7. The van der Waals surface area contributed by atoms with Crippen molar-refractivity contribution in [2.75, 3.05) is 38.2 Å². The van der Waals surface area contributed by atoms with E-state index in [1.54, 1.807) is 7.11 Å². The van der Waals surface area contributed by atoms with Crippen molar-refractivity contribution in [2.45, 2.75) is 13.1 Å². The van der Waals surface area contributed by atoms with Crippen LogP contribution in [-0.2, 0) is 13.1 Å². The molecule has 2 N–H and O–H groups in total. The van der Waals surface area contributed by atoms with Crippen molar-refractivity contribution in [1.82, 2.24) is 15.2 Å². The summed E-state index contributed by atoms with van der Waals surface area (Å²) in [6.07, 6.45) is 0. The Balaban J connectivity index is 1.19. The van der Waals surface area contributed by atoms with Crippen LogP contribution in [0.15, 0.2) is 78.9 Å². The minimum Gasteiger partial charge on any atom is -0.497 e. The van der Waals surface area contributed by atoms with E-state index in [2.05, 4.69) is 68.6 Å². The molecule has 1 saturated heterocycles. The molecule has 0 unspecified atom stereocenters. The van der Waals surface area contributed by atoms with E-state index in [4.69, 9.17) is 4.74 Å². The molecule has 5 rings (SSSR count). The van der Waals surface area contributed by atoms with Gasteiger partial charge in [0, 0.05) is 61.9 Å². The summed E-state index contributed by atoms with van der Waals surface area (Å²) < 4.78 is 5.27. The smallest absolute Gasteiger partial charge is 0.267 e. The summed E-state index contributed by atoms with van der Waals surface area (Å²) in [6, 6.07) is 26.6. The number of nitrogens with one attached hydrogen (secondary N) is 2. The van der Waals surface area contributed by atoms with Gasteiger partial charge < -0.3 is 19.9 Å². The van der Waals surface area contributed by atoms with Gasteiger partial charge in [0.15, 0.2) is 0 Å². The maximum Gasteiger partial charge on any atom is 0.267 e. The molecule has 1 aliphatic rings. The number of H-pyrrole nitrogens is 1.